The second kappa shape index (κ2) is 6.65. The number of anilines is 1. The van der Waals surface area contributed by atoms with Crippen LogP contribution in [0.1, 0.15) is 22.8 Å². The average molecular weight is 368 g/mol. The summed E-state index contributed by atoms with van der Waals surface area (Å²) < 4.78 is 21.3. The molecule has 0 saturated heterocycles. The lowest BCUT2D eigenvalue weighted by atomic mass is 9.91. The molecule has 0 bridgehead atoms. The maximum absolute atomic E-state index is 15.1. The first kappa shape index (κ1) is 16.9. The van der Waals surface area contributed by atoms with Crippen LogP contribution in [0.5, 0.6) is 5.75 Å². The van der Waals surface area contributed by atoms with Gasteiger partial charge in [-0.15, -0.1) is 0 Å². The zero-order valence-electron chi connectivity index (χ0n) is 14.6. The zero-order chi connectivity index (χ0) is 18.3. The fraction of sp³-hybridized carbons (Fsp3) is 0.182. The molecule has 0 aromatic heterocycles. The highest BCUT2D eigenvalue weighted by molar-refractivity contribution is 6.33. The minimum atomic E-state index is -0.286. The summed E-state index contributed by atoms with van der Waals surface area (Å²) in [7, 11) is 1.71. The first-order valence-corrected chi connectivity index (χ1v) is 8.98. The molecule has 1 aliphatic heterocycles. The van der Waals surface area contributed by atoms with E-state index < -0.39 is 0 Å². The van der Waals surface area contributed by atoms with Crippen molar-refractivity contribution in [2.75, 3.05) is 12.4 Å². The molecule has 1 unspecified atom stereocenters. The molecule has 0 fully saturated rings. The van der Waals surface area contributed by atoms with Crippen LogP contribution in [0.2, 0.25) is 5.02 Å². The Bertz CT molecular complexity index is 972. The van der Waals surface area contributed by atoms with Crippen molar-refractivity contribution in [3.8, 4) is 16.9 Å². The van der Waals surface area contributed by atoms with Crippen LogP contribution < -0.4 is 10.1 Å². The van der Waals surface area contributed by atoms with Crippen molar-refractivity contribution >= 4 is 17.3 Å². The SMILES string of the molecule is CNc1ccc(C)c(-c2c(Cl)ccc3c2CC(c2ccccc2)O3)c1F. The fourth-order valence-corrected chi connectivity index (χ4v) is 3.86. The van der Waals surface area contributed by atoms with Crippen LogP contribution in [0.4, 0.5) is 10.1 Å². The Morgan fingerprint density at radius 3 is 2.54 bits per heavy atom. The van der Waals surface area contributed by atoms with Gasteiger partial charge in [0.15, 0.2) is 5.82 Å². The molecule has 0 spiro atoms. The quantitative estimate of drug-likeness (QED) is 0.597. The van der Waals surface area contributed by atoms with E-state index in [2.05, 4.69) is 5.32 Å². The Hall–Kier alpha value is -2.52. The van der Waals surface area contributed by atoms with Gasteiger partial charge in [0.1, 0.15) is 11.9 Å². The summed E-state index contributed by atoms with van der Waals surface area (Å²) in [5.74, 6) is 0.484. The lowest BCUT2D eigenvalue weighted by Crippen LogP contribution is -2.03. The minimum Gasteiger partial charge on any atom is -0.485 e. The molecule has 0 radical (unpaired) electrons. The van der Waals surface area contributed by atoms with Gasteiger partial charge in [0.2, 0.25) is 0 Å². The third-order valence-electron chi connectivity index (χ3n) is 4.92. The minimum absolute atomic E-state index is 0.0840. The lowest BCUT2D eigenvalue weighted by molar-refractivity contribution is 0.238. The van der Waals surface area contributed by atoms with Gasteiger partial charge in [-0.1, -0.05) is 48.0 Å². The molecule has 26 heavy (non-hydrogen) atoms. The van der Waals surface area contributed by atoms with Crippen molar-refractivity contribution in [3.63, 3.8) is 0 Å². The highest BCUT2D eigenvalue weighted by atomic mass is 35.5. The van der Waals surface area contributed by atoms with Crippen molar-refractivity contribution in [2.24, 2.45) is 0 Å². The number of halogens is 2. The van der Waals surface area contributed by atoms with E-state index in [1.54, 1.807) is 19.2 Å². The Labute approximate surface area is 157 Å². The van der Waals surface area contributed by atoms with E-state index in [9.17, 15) is 0 Å². The third-order valence-corrected chi connectivity index (χ3v) is 5.23. The molecule has 2 nitrogen and oxygen atoms in total. The van der Waals surface area contributed by atoms with Gasteiger partial charge in [-0.3, -0.25) is 0 Å². The molecular formula is C22H19ClFNO. The molecule has 4 rings (SSSR count). The third kappa shape index (κ3) is 2.73. The molecule has 1 heterocycles. The molecule has 0 amide bonds. The van der Waals surface area contributed by atoms with Crippen LogP contribution in [0.3, 0.4) is 0 Å². The predicted octanol–water partition coefficient (Wildman–Crippen LogP) is 6.17. The highest BCUT2D eigenvalue weighted by Crippen LogP contribution is 2.47. The molecule has 3 aromatic rings. The van der Waals surface area contributed by atoms with Gasteiger partial charge in [-0.25, -0.2) is 4.39 Å². The van der Waals surface area contributed by atoms with Gasteiger partial charge in [0, 0.05) is 35.2 Å². The number of nitrogens with one attached hydrogen (secondary N) is 1. The summed E-state index contributed by atoms with van der Waals surface area (Å²) in [6.07, 6.45) is 0.581. The largest absolute Gasteiger partial charge is 0.485 e. The van der Waals surface area contributed by atoms with Crippen LogP contribution in [0.25, 0.3) is 11.1 Å². The molecule has 1 N–H and O–H groups in total. The van der Waals surface area contributed by atoms with E-state index in [-0.39, 0.29) is 11.9 Å². The van der Waals surface area contributed by atoms with Crippen LogP contribution in [-0.4, -0.2) is 7.05 Å². The van der Waals surface area contributed by atoms with E-state index in [1.165, 1.54) is 0 Å². The molecule has 3 aromatic carbocycles. The van der Waals surface area contributed by atoms with Crippen molar-refractivity contribution in [3.05, 3.63) is 82.1 Å². The Kier molecular flexibility index (Phi) is 4.33. The first-order valence-electron chi connectivity index (χ1n) is 8.60. The standard InChI is InChI=1S/C22H19ClFNO/c1-13-8-10-17(25-2)22(24)20(13)21-15-12-19(14-6-4-3-5-7-14)26-18(15)11-9-16(21)23/h3-11,19,25H,12H2,1-2H3. The fourth-order valence-electron chi connectivity index (χ4n) is 3.59. The Balaban J connectivity index is 1.86. The van der Waals surface area contributed by atoms with Gasteiger partial charge < -0.3 is 10.1 Å². The molecule has 1 aliphatic rings. The maximum atomic E-state index is 15.1. The van der Waals surface area contributed by atoms with Gasteiger partial charge in [-0.2, -0.15) is 0 Å². The van der Waals surface area contributed by atoms with E-state index in [0.717, 1.165) is 28.0 Å². The molecule has 0 saturated carbocycles. The summed E-state index contributed by atoms with van der Waals surface area (Å²) in [6, 6.07) is 17.4. The Morgan fingerprint density at radius 2 is 1.81 bits per heavy atom. The number of rotatable bonds is 3. The van der Waals surface area contributed by atoms with Crippen LogP contribution in [-0.2, 0) is 6.42 Å². The van der Waals surface area contributed by atoms with Crippen LogP contribution in [0, 0.1) is 12.7 Å². The van der Waals surface area contributed by atoms with Crippen molar-refractivity contribution in [1.29, 1.82) is 0 Å². The van der Waals surface area contributed by atoms with Crippen molar-refractivity contribution in [1.82, 2.24) is 0 Å². The van der Waals surface area contributed by atoms with E-state index in [1.807, 2.05) is 49.4 Å². The number of benzene rings is 3. The van der Waals surface area contributed by atoms with Crippen molar-refractivity contribution < 1.29 is 9.13 Å². The highest BCUT2D eigenvalue weighted by Gasteiger charge is 2.30. The molecule has 1 atom stereocenters. The summed E-state index contributed by atoms with van der Waals surface area (Å²) in [5.41, 5.74) is 4.64. The number of aryl methyl sites for hydroxylation is 1. The normalized spacial score (nSPS) is 15.5. The van der Waals surface area contributed by atoms with Gasteiger partial charge in [-0.05, 0) is 36.2 Å². The monoisotopic (exact) mass is 367 g/mol. The van der Waals surface area contributed by atoms with Crippen molar-refractivity contribution in [2.45, 2.75) is 19.4 Å². The number of hydrogen-bond acceptors (Lipinski definition) is 2. The lowest BCUT2D eigenvalue weighted by Gasteiger charge is -2.15. The number of fused-ring (bicyclic) bond motifs is 1. The maximum Gasteiger partial charge on any atom is 0.154 e. The number of ether oxygens (including phenoxy) is 1. The van der Waals surface area contributed by atoms with E-state index in [0.29, 0.717) is 22.7 Å². The molecule has 0 aliphatic carbocycles. The molecule has 4 heteroatoms. The van der Waals surface area contributed by atoms with Gasteiger partial charge in [0.05, 0.1) is 5.69 Å². The van der Waals surface area contributed by atoms with Crippen LogP contribution in [0.15, 0.2) is 54.6 Å². The topological polar surface area (TPSA) is 21.3 Å². The molecule has 132 valence electrons. The van der Waals surface area contributed by atoms with E-state index >= 15 is 4.39 Å². The first-order chi connectivity index (χ1) is 12.6. The summed E-state index contributed by atoms with van der Waals surface area (Å²) >= 11 is 6.53. The smallest absolute Gasteiger partial charge is 0.154 e. The van der Waals surface area contributed by atoms with Crippen LogP contribution >= 0.6 is 11.6 Å². The van der Waals surface area contributed by atoms with Gasteiger partial charge in [0.25, 0.3) is 0 Å². The summed E-state index contributed by atoms with van der Waals surface area (Å²) in [4.78, 5) is 0. The second-order valence-corrected chi connectivity index (χ2v) is 6.90. The predicted molar refractivity (Wildman–Crippen MR) is 105 cm³/mol. The van der Waals surface area contributed by atoms with E-state index in [4.69, 9.17) is 16.3 Å². The molecular weight excluding hydrogens is 349 g/mol. The Morgan fingerprint density at radius 1 is 1.04 bits per heavy atom. The average Bonchev–Trinajstić information content (AvgIpc) is 3.09. The summed E-state index contributed by atoms with van der Waals surface area (Å²) in [6.45, 7) is 1.90. The summed E-state index contributed by atoms with van der Waals surface area (Å²) in [5, 5.41) is 3.44. The van der Waals surface area contributed by atoms with Gasteiger partial charge >= 0.3 is 0 Å². The zero-order valence-corrected chi connectivity index (χ0v) is 15.4. The number of hydrogen-bond donors (Lipinski definition) is 1. The second-order valence-electron chi connectivity index (χ2n) is 6.49.